The van der Waals surface area contributed by atoms with Gasteiger partial charge in [-0.1, -0.05) is 104 Å². The van der Waals surface area contributed by atoms with Crippen molar-refractivity contribution < 1.29 is 31.8 Å². The maximum absolute atomic E-state index is 14.5. The van der Waals surface area contributed by atoms with Crippen molar-refractivity contribution in [2.45, 2.75) is 44.5 Å². The van der Waals surface area contributed by atoms with Crippen molar-refractivity contribution in [2.24, 2.45) is 0 Å². The van der Waals surface area contributed by atoms with Gasteiger partial charge in [-0.3, -0.25) is 9.59 Å². The number of carbonyl (C=O) groups excluding carboxylic acids is 2. The van der Waals surface area contributed by atoms with Crippen LogP contribution < -0.4 is 10.6 Å². The molecule has 1 heterocycles. The number of nitrogens with zero attached hydrogens (tertiary/aromatic N) is 1. The summed E-state index contributed by atoms with van der Waals surface area (Å²) in [4.78, 5) is 26.8. The molecule has 1 aliphatic carbocycles. The van der Waals surface area contributed by atoms with Crippen molar-refractivity contribution in [3.8, 4) is 33.4 Å². The van der Waals surface area contributed by atoms with Crippen molar-refractivity contribution >= 4 is 26.0 Å². The quantitative estimate of drug-likeness (QED) is 0.141. The highest BCUT2D eigenvalue weighted by molar-refractivity contribution is 7.56. The zero-order valence-corrected chi connectivity index (χ0v) is 26.2. The summed E-state index contributed by atoms with van der Waals surface area (Å²) in [7, 11) is -1.87. The first-order valence-corrected chi connectivity index (χ1v) is 16.5. The Kier molecular flexibility index (Phi) is 9.54. The van der Waals surface area contributed by atoms with Crippen LogP contribution in [0.2, 0.25) is 0 Å². The molecule has 1 fully saturated rings. The van der Waals surface area contributed by atoms with Crippen LogP contribution >= 0.6 is 8.38 Å². The van der Waals surface area contributed by atoms with Crippen LogP contribution in [0.25, 0.3) is 33.4 Å². The number of hydrogen-bond donors (Lipinski definition) is 1. The second kappa shape index (κ2) is 13.8. The number of fused-ring (bicyclic) bond motifs is 3. The number of alkyl halides is 3. The van der Waals surface area contributed by atoms with Crippen LogP contribution in [0.3, 0.4) is 0 Å². The summed E-state index contributed by atoms with van der Waals surface area (Å²) >= 11 is 0. The van der Waals surface area contributed by atoms with Crippen molar-refractivity contribution in [2.75, 3.05) is 19.7 Å². The van der Waals surface area contributed by atoms with Gasteiger partial charge in [0.05, 0.1) is 12.5 Å². The summed E-state index contributed by atoms with van der Waals surface area (Å²) in [6, 6.07) is 29.1. The monoisotopic (exact) mass is 646 g/mol. The second-order valence-electron chi connectivity index (χ2n) is 11.3. The molecule has 0 aromatic heterocycles. The third-order valence-corrected chi connectivity index (χ3v) is 10.0. The molecule has 3 unspecified atom stereocenters. The molecule has 1 saturated heterocycles. The summed E-state index contributed by atoms with van der Waals surface area (Å²) in [6.07, 6.45) is -3.08. The lowest BCUT2D eigenvalue weighted by Gasteiger charge is -2.33. The Morgan fingerprint density at radius 1 is 0.913 bits per heavy atom. The molecule has 1 aliphatic heterocycles. The molecule has 0 bridgehead atoms. The minimum absolute atomic E-state index is 0.0121. The van der Waals surface area contributed by atoms with Crippen LogP contribution in [0.4, 0.5) is 13.2 Å². The van der Waals surface area contributed by atoms with E-state index in [4.69, 9.17) is 9.05 Å². The molecule has 3 atom stereocenters. The molecular weight excluding hydrogens is 612 g/mol. The minimum atomic E-state index is -4.56. The Morgan fingerprint density at radius 3 is 2.30 bits per heavy atom. The van der Waals surface area contributed by atoms with Gasteiger partial charge in [-0.15, -0.1) is 0 Å². The van der Waals surface area contributed by atoms with Gasteiger partial charge < -0.3 is 19.3 Å². The Bertz CT molecular complexity index is 1720. The smallest absolute Gasteiger partial charge is 0.333 e. The topological polar surface area (TPSA) is 67.9 Å². The van der Waals surface area contributed by atoms with Crippen molar-refractivity contribution in [1.29, 1.82) is 0 Å². The van der Waals surface area contributed by atoms with Crippen molar-refractivity contribution in [3.63, 3.8) is 0 Å². The lowest BCUT2D eigenvalue weighted by molar-refractivity contribution is -0.161. The van der Waals surface area contributed by atoms with E-state index in [0.717, 1.165) is 38.3 Å². The van der Waals surface area contributed by atoms with Gasteiger partial charge >= 0.3 is 6.18 Å². The number of nitrogens with one attached hydrogen (secondary N) is 1. The van der Waals surface area contributed by atoms with E-state index in [-0.39, 0.29) is 6.54 Å². The first-order chi connectivity index (χ1) is 22.3. The third kappa shape index (κ3) is 6.45. The van der Waals surface area contributed by atoms with E-state index in [1.54, 1.807) is 6.07 Å². The number of benzene rings is 4. The largest absolute Gasteiger partial charge is 0.406 e. The highest BCUT2D eigenvalue weighted by atomic mass is 31.2. The van der Waals surface area contributed by atoms with Crippen molar-refractivity contribution in [3.05, 3.63) is 102 Å². The molecule has 6 nitrogen and oxygen atoms in total. The molecule has 2 aliphatic rings. The van der Waals surface area contributed by atoms with Crippen LogP contribution in [0.15, 0.2) is 91.0 Å². The predicted octanol–water partition coefficient (Wildman–Crippen LogP) is 7.77. The highest BCUT2D eigenvalue weighted by Crippen LogP contribution is 2.54. The van der Waals surface area contributed by atoms with Crippen LogP contribution in [-0.2, 0) is 18.6 Å². The molecule has 0 saturated carbocycles. The first-order valence-electron chi connectivity index (χ1n) is 15.4. The van der Waals surface area contributed by atoms with Crippen LogP contribution in [0, 0.1) is 0 Å². The van der Waals surface area contributed by atoms with E-state index < -0.39 is 39.1 Å². The molecule has 10 heteroatoms. The van der Waals surface area contributed by atoms with Crippen LogP contribution in [0.5, 0.6) is 0 Å². The maximum Gasteiger partial charge on any atom is 0.406 e. The fourth-order valence-corrected chi connectivity index (χ4v) is 8.11. The van der Waals surface area contributed by atoms with Gasteiger partial charge in [-0.05, 0) is 50.9 Å². The van der Waals surface area contributed by atoms with Gasteiger partial charge in [-0.25, -0.2) is 0 Å². The van der Waals surface area contributed by atoms with E-state index in [9.17, 15) is 22.8 Å². The number of rotatable bonds is 10. The van der Waals surface area contributed by atoms with E-state index in [1.165, 1.54) is 0 Å². The summed E-state index contributed by atoms with van der Waals surface area (Å²) < 4.78 is 54.3. The molecule has 2 amide bonds. The van der Waals surface area contributed by atoms with Gasteiger partial charge in [0.25, 0.3) is 0 Å². The molecule has 4 aromatic carbocycles. The molecule has 0 radical (unpaired) electrons. The zero-order chi connectivity index (χ0) is 32.3. The maximum atomic E-state index is 14.5. The molecule has 238 valence electrons. The highest BCUT2D eigenvalue weighted by Gasteiger charge is 2.44. The molecule has 4 aromatic rings. The Morgan fingerprint density at radius 2 is 1.59 bits per heavy atom. The van der Waals surface area contributed by atoms with E-state index >= 15 is 0 Å². The summed E-state index contributed by atoms with van der Waals surface area (Å²) in [5.41, 5.74) is 6.34. The standard InChI is InChI=1S/C36H34F3N2O4P/c1-2-3-20-41(22-36(37,38)39)35(43)33-28-16-10-9-15-27(28)29-17-18-30(26-14-8-7-13-25(26)24-11-5-4-6-12-24)34(32(29)33)46-44-21-19-31(45-46)40-23-42/h4-18,23,31,33H,2-3,19-22H2,1H3,(H,40,42). The molecular formula is C36H34F3N2O4P. The van der Waals surface area contributed by atoms with Gasteiger partial charge in [0.15, 0.2) is 0 Å². The molecule has 46 heavy (non-hydrogen) atoms. The molecule has 0 spiro atoms. The number of hydrogen-bond acceptors (Lipinski definition) is 4. The van der Waals surface area contributed by atoms with E-state index in [2.05, 4.69) is 5.32 Å². The Labute approximate surface area is 267 Å². The second-order valence-corrected chi connectivity index (χ2v) is 12.8. The summed E-state index contributed by atoms with van der Waals surface area (Å²) in [5.74, 6) is -1.61. The minimum Gasteiger partial charge on any atom is -0.333 e. The lowest BCUT2D eigenvalue weighted by atomic mass is 9.89. The number of amides is 2. The summed E-state index contributed by atoms with van der Waals surface area (Å²) in [5, 5.41) is 3.33. The normalized spacial score (nSPS) is 18.8. The van der Waals surface area contributed by atoms with E-state index in [1.807, 2.05) is 91.9 Å². The number of halogens is 3. The average molecular weight is 647 g/mol. The fourth-order valence-electron chi connectivity index (χ4n) is 6.31. The number of unbranched alkanes of at least 4 members (excludes halogenated alkanes) is 1. The van der Waals surface area contributed by atoms with E-state index in [0.29, 0.717) is 48.7 Å². The predicted molar refractivity (Wildman–Crippen MR) is 173 cm³/mol. The fraction of sp³-hybridized carbons (Fsp3) is 0.278. The number of carbonyl (C=O) groups is 2. The van der Waals surface area contributed by atoms with Crippen molar-refractivity contribution in [1.82, 2.24) is 10.2 Å². The van der Waals surface area contributed by atoms with Crippen LogP contribution in [0.1, 0.15) is 43.2 Å². The van der Waals surface area contributed by atoms with Gasteiger partial charge in [0, 0.05) is 18.3 Å². The summed E-state index contributed by atoms with van der Waals surface area (Å²) in [6.45, 7) is 0.832. The SMILES string of the molecule is CCCCN(CC(F)(F)F)C(=O)C1c2ccccc2-c2ccc(-c3ccccc3-c3ccccc3)c(P3OCCC(NC=O)O3)c21. The average Bonchev–Trinajstić information content (AvgIpc) is 3.40. The Balaban J connectivity index is 1.60. The van der Waals surface area contributed by atoms with Gasteiger partial charge in [0.1, 0.15) is 12.8 Å². The van der Waals surface area contributed by atoms with Crippen LogP contribution in [-0.4, -0.2) is 49.3 Å². The van der Waals surface area contributed by atoms with Gasteiger partial charge in [0.2, 0.25) is 20.7 Å². The lowest BCUT2D eigenvalue weighted by Crippen LogP contribution is -2.43. The first kappa shape index (κ1) is 31.9. The third-order valence-electron chi connectivity index (χ3n) is 8.33. The molecule has 1 N–H and O–H groups in total. The zero-order valence-electron chi connectivity index (χ0n) is 25.3. The van der Waals surface area contributed by atoms with Gasteiger partial charge in [-0.2, -0.15) is 13.2 Å². The molecule has 6 rings (SSSR count). The Hall–Kier alpha value is -4.04.